The van der Waals surface area contributed by atoms with Crippen LogP contribution in [0.2, 0.25) is 0 Å². The summed E-state index contributed by atoms with van der Waals surface area (Å²) in [7, 11) is 1.56. The number of nitrogens with zero attached hydrogens (tertiary/aromatic N) is 1. The molecule has 0 fully saturated rings. The summed E-state index contributed by atoms with van der Waals surface area (Å²) in [6.45, 7) is 6.32. The van der Waals surface area contributed by atoms with Crippen molar-refractivity contribution in [3.63, 3.8) is 0 Å². The number of anilines is 2. The lowest BCUT2D eigenvalue weighted by Gasteiger charge is -2.11. The SMILES string of the molecule is C=c1cc(OCCOC)cc(F)/c1=C(/N=CC)Nc1ccc(NC(=O)CC=O)cc1. The van der Waals surface area contributed by atoms with E-state index in [2.05, 4.69) is 22.2 Å². The number of ether oxygens (including phenoxy) is 2. The number of amides is 1. The largest absolute Gasteiger partial charge is 0.491 e. The number of nitrogens with one attached hydrogen (secondary N) is 2. The van der Waals surface area contributed by atoms with Crippen LogP contribution in [-0.4, -0.2) is 38.7 Å². The van der Waals surface area contributed by atoms with Crippen LogP contribution in [0.15, 0.2) is 41.4 Å². The van der Waals surface area contributed by atoms with Gasteiger partial charge in [-0.3, -0.25) is 4.79 Å². The monoisotopic (exact) mass is 413 g/mol. The predicted octanol–water partition coefficient (Wildman–Crippen LogP) is 2.06. The lowest BCUT2D eigenvalue weighted by molar-refractivity contribution is -0.119. The minimum absolute atomic E-state index is 0.208. The highest BCUT2D eigenvalue weighted by molar-refractivity contribution is 5.98. The Hall–Kier alpha value is -3.52. The maximum absolute atomic E-state index is 14.8. The summed E-state index contributed by atoms with van der Waals surface area (Å²) in [5.74, 6) is -0.291. The Morgan fingerprint density at radius 1 is 1.17 bits per heavy atom. The zero-order valence-corrected chi connectivity index (χ0v) is 16.9. The van der Waals surface area contributed by atoms with Crippen molar-refractivity contribution in [1.29, 1.82) is 0 Å². The lowest BCUT2D eigenvalue weighted by Crippen LogP contribution is -2.31. The summed E-state index contributed by atoms with van der Waals surface area (Å²) in [5.41, 5.74) is 1.16. The molecule has 2 aromatic rings. The zero-order valence-electron chi connectivity index (χ0n) is 16.9. The van der Waals surface area contributed by atoms with Crippen molar-refractivity contribution in [1.82, 2.24) is 0 Å². The van der Waals surface area contributed by atoms with Crippen LogP contribution in [0.25, 0.3) is 12.4 Å². The lowest BCUT2D eigenvalue weighted by atomic mass is 10.2. The summed E-state index contributed by atoms with van der Waals surface area (Å²) >= 11 is 0. The first-order chi connectivity index (χ1) is 14.5. The highest BCUT2D eigenvalue weighted by Gasteiger charge is 2.08. The molecule has 2 aromatic carbocycles. The summed E-state index contributed by atoms with van der Waals surface area (Å²) < 4.78 is 25.2. The summed E-state index contributed by atoms with van der Waals surface area (Å²) in [6.07, 6.45) is 1.87. The Labute approximate surface area is 173 Å². The number of benzene rings is 2. The Morgan fingerprint density at radius 3 is 2.40 bits per heavy atom. The van der Waals surface area contributed by atoms with E-state index in [1.165, 1.54) is 12.3 Å². The van der Waals surface area contributed by atoms with Gasteiger partial charge in [0.15, 0.2) is 0 Å². The van der Waals surface area contributed by atoms with Crippen LogP contribution in [0.3, 0.4) is 0 Å². The smallest absolute Gasteiger partial charge is 0.231 e. The molecule has 30 heavy (non-hydrogen) atoms. The highest BCUT2D eigenvalue weighted by Crippen LogP contribution is 2.16. The Balaban J connectivity index is 2.31. The summed E-state index contributed by atoms with van der Waals surface area (Å²) in [5, 5.41) is 6.29. The molecule has 0 aliphatic carbocycles. The number of aliphatic imine (C=N–C) groups is 1. The van der Waals surface area contributed by atoms with Gasteiger partial charge in [0.25, 0.3) is 0 Å². The van der Waals surface area contributed by atoms with Gasteiger partial charge >= 0.3 is 0 Å². The summed E-state index contributed by atoms with van der Waals surface area (Å²) in [6, 6.07) is 9.62. The average molecular weight is 413 g/mol. The van der Waals surface area contributed by atoms with Gasteiger partial charge in [-0.1, -0.05) is 6.58 Å². The van der Waals surface area contributed by atoms with Gasteiger partial charge in [-0.15, -0.1) is 0 Å². The number of aldehydes is 1. The van der Waals surface area contributed by atoms with Crippen LogP contribution < -0.4 is 25.8 Å². The van der Waals surface area contributed by atoms with Crippen molar-refractivity contribution in [3.8, 4) is 5.75 Å². The van der Waals surface area contributed by atoms with E-state index in [1.807, 2.05) is 0 Å². The van der Waals surface area contributed by atoms with Crippen molar-refractivity contribution < 1.29 is 23.5 Å². The molecule has 0 bridgehead atoms. The molecule has 0 unspecified atom stereocenters. The number of carbonyl (C=O) groups is 2. The quantitative estimate of drug-likeness (QED) is 0.269. The predicted molar refractivity (Wildman–Crippen MR) is 115 cm³/mol. The normalized spacial score (nSPS) is 11.8. The molecule has 2 N–H and O–H groups in total. The van der Waals surface area contributed by atoms with E-state index < -0.39 is 11.7 Å². The topological polar surface area (TPSA) is 89.0 Å². The van der Waals surface area contributed by atoms with Crippen LogP contribution in [0.1, 0.15) is 13.3 Å². The fourth-order valence-corrected chi connectivity index (χ4v) is 2.58. The molecule has 0 heterocycles. The van der Waals surface area contributed by atoms with Gasteiger partial charge in [0.2, 0.25) is 5.91 Å². The molecule has 0 spiro atoms. The second-order valence-corrected chi connectivity index (χ2v) is 6.14. The third-order valence-corrected chi connectivity index (χ3v) is 3.90. The molecule has 0 aliphatic heterocycles. The van der Waals surface area contributed by atoms with Crippen molar-refractivity contribution in [2.75, 3.05) is 31.0 Å². The van der Waals surface area contributed by atoms with Gasteiger partial charge in [0.05, 0.1) is 18.2 Å². The Kier molecular flexibility index (Phi) is 8.71. The second kappa shape index (κ2) is 11.5. The standard InChI is InChI=1S/C22H24FN3O4/c1-4-24-22(21-15(2)13-18(14-19(21)23)30-12-11-29-3)26-17-7-5-16(6-8-17)25-20(28)9-10-27/h4-8,10,13-14,26H,2,9,11-12H2,1,3H3,(H,25,28)/b22-21-,24-4?. The zero-order chi connectivity index (χ0) is 21.9. The molecule has 158 valence electrons. The van der Waals surface area contributed by atoms with E-state index in [-0.39, 0.29) is 17.5 Å². The van der Waals surface area contributed by atoms with Gasteiger partial charge in [-0.2, -0.15) is 0 Å². The van der Waals surface area contributed by atoms with Crippen LogP contribution in [0.4, 0.5) is 15.8 Å². The van der Waals surface area contributed by atoms with E-state index in [0.29, 0.717) is 41.8 Å². The van der Waals surface area contributed by atoms with Crippen molar-refractivity contribution in [2.24, 2.45) is 4.99 Å². The van der Waals surface area contributed by atoms with Gasteiger partial charge in [0, 0.05) is 30.8 Å². The first-order valence-corrected chi connectivity index (χ1v) is 9.22. The molecular formula is C22H24FN3O4. The first-order valence-electron chi connectivity index (χ1n) is 9.22. The Morgan fingerprint density at radius 2 is 1.83 bits per heavy atom. The van der Waals surface area contributed by atoms with Crippen molar-refractivity contribution in [2.45, 2.75) is 13.3 Å². The van der Waals surface area contributed by atoms with E-state index in [4.69, 9.17) is 9.47 Å². The van der Waals surface area contributed by atoms with Crippen LogP contribution in [0.5, 0.6) is 5.75 Å². The van der Waals surface area contributed by atoms with Crippen LogP contribution in [-0.2, 0) is 14.3 Å². The molecule has 1 amide bonds. The minimum Gasteiger partial charge on any atom is -0.491 e. The van der Waals surface area contributed by atoms with Gasteiger partial charge in [0.1, 0.15) is 30.3 Å². The van der Waals surface area contributed by atoms with Gasteiger partial charge < -0.3 is 24.9 Å². The molecule has 7 nitrogen and oxygen atoms in total. The third kappa shape index (κ3) is 6.52. The molecule has 0 radical (unpaired) electrons. The maximum atomic E-state index is 14.8. The molecule has 0 saturated carbocycles. The molecule has 8 heteroatoms. The number of hydrogen-bond acceptors (Lipinski definition) is 6. The molecule has 0 aromatic heterocycles. The fraction of sp³-hybridized carbons (Fsp3) is 0.227. The molecule has 0 atom stereocenters. The van der Waals surface area contributed by atoms with Gasteiger partial charge in [-0.25, -0.2) is 9.38 Å². The molecule has 0 saturated heterocycles. The Bertz CT molecular complexity index is 1020. The fourth-order valence-electron chi connectivity index (χ4n) is 2.58. The van der Waals surface area contributed by atoms with Crippen molar-refractivity contribution >= 4 is 42.2 Å². The maximum Gasteiger partial charge on any atom is 0.231 e. The van der Waals surface area contributed by atoms with E-state index in [0.717, 1.165) is 0 Å². The number of hydrogen-bond donors (Lipinski definition) is 2. The first kappa shape index (κ1) is 22.8. The molecular weight excluding hydrogens is 389 g/mol. The summed E-state index contributed by atoms with van der Waals surface area (Å²) in [4.78, 5) is 26.1. The van der Waals surface area contributed by atoms with Crippen molar-refractivity contribution in [3.05, 3.63) is 52.7 Å². The average Bonchev–Trinajstić information content (AvgIpc) is 2.69. The van der Waals surface area contributed by atoms with Crippen LogP contribution >= 0.6 is 0 Å². The van der Waals surface area contributed by atoms with E-state index in [1.54, 1.807) is 44.4 Å². The van der Waals surface area contributed by atoms with Gasteiger partial charge in [-0.05, 0) is 42.5 Å². The molecule has 0 aliphatic rings. The van der Waals surface area contributed by atoms with E-state index >= 15 is 0 Å². The number of carbonyl (C=O) groups excluding carboxylic acids is 2. The highest BCUT2D eigenvalue weighted by atomic mass is 19.1. The number of rotatable bonds is 10. The molecule has 2 rings (SSSR count). The number of methoxy groups -OCH3 is 1. The van der Waals surface area contributed by atoms with Crippen LogP contribution in [0, 0.1) is 5.82 Å². The minimum atomic E-state index is -0.527. The number of halogens is 1. The second-order valence-electron chi connectivity index (χ2n) is 6.14. The van der Waals surface area contributed by atoms with E-state index in [9.17, 15) is 14.0 Å². The third-order valence-electron chi connectivity index (χ3n) is 3.90.